The first-order valence-electron chi connectivity index (χ1n) is 7.02. The van der Waals surface area contributed by atoms with Gasteiger partial charge in [0.15, 0.2) is 0 Å². The summed E-state index contributed by atoms with van der Waals surface area (Å²) in [5, 5.41) is 11.5. The standard InChI is InChI=1S/C15H20N4O/c1-12-5-2-8-17-14(12)18-15(20)13-6-3-9-19(11-13)10-4-7-16/h2,5,8,13H,3-4,6,9-11H2,1H3,(H,17,18,20). The molecule has 2 heterocycles. The number of nitriles is 1. The van der Waals surface area contributed by atoms with Gasteiger partial charge in [-0.2, -0.15) is 5.26 Å². The molecule has 0 saturated carbocycles. The van der Waals surface area contributed by atoms with E-state index in [-0.39, 0.29) is 11.8 Å². The van der Waals surface area contributed by atoms with Crippen molar-refractivity contribution in [2.75, 3.05) is 25.0 Å². The van der Waals surface area contributed by atoms with E-state index in [4.69, 9.17) is 5.26 Å². The Morgan fingerprint density at radius 2 is 2.50 bits per heavy atom. The third-order valence-electron chi connectivity index (χ3n) is 3.67. The highest BCUT2D eigenvalue weighted by molar-refractivity contribution is 5.92. The fourth-order valence-electron chi connectivity index (χ4n) is 2.52. The van der Waals surface area contributed by atoms with Crippen molar-refractivity contribution in [3.05, 3.63) is 23.9 Å². The lowest BCUT2D eigenvalue weighted by molar-refractivity contribution is -0.121. The summed E-state index contributed by atoms with van der Waals surface area (Å²) >= 11 is 0. The molecule has 5 nitrogen and oxygen atoms in total. The molecular formula is C15H20N4O. The largest absolute Gasteiger partial charge is 0.310 e. The first-order chi connectivity index (χ1) is 9.70. The zero-order valence-electron chi connectivity index (χ0n) is 11.8. The molecule has 1 amide bonds. The van der Waals surface area contributed by atoms with Gasteiger partial charge in [-0.1, -0.05) is 6.07 Å². The van der Waals surface area contributed by atoms with Crippen LogP contribution < -0.4 is 5.32 Å². The summed E-state index contributed by atoms with van der Waals surface area (Å²) in [6.07, 6.45) is 4.11. The van der Waals surface area contributed by atoms with E-state index in [9.17, 15) is 4.79 Å². The van der Waals surface area contributed by atoms with Crippen molar-refractivity contribution >= 4 is 11.7 Å². The third kappa shape index (κ3) is 3.78. The number of nitrogens with one attached hydrogen (secondary N) is 1. The number of piperidine rings is 1. The summed E-state index contributed by atoms with van der Waals surface area (Å²) in [7, 11) is 0. The Labute approximate surface area is 119 Å². The van der Waals surface area contributed by atoms with Crippen LogP contribution in [0.3, 0.4) is 0 Å². The summed E-state index contributed by atoms with van der Waals surface area (Å²) in [6, 6.07) is 5.94. The summed E-state index contributed by atoms with van der Waals surface area (Å²) in [4.78, 5) is 18.7. The van der Waals surface area contributed by atoms with Crippen LogP contribution in [0, 0.1) is 24.2 Å². The number of carbonyl (C=O) groups is 1. The van der Waals surface area contributed by atoms with Gasteiger partial charge >= 0.3 is 0 Å². The zero-order valence-corrected chi connectivity index (χ0v) is 11.8. The normalized spacial score (nSPS) is 19.3. The Hall–Kier alpha value is -1.93. The highest BCUT2D eigenvalue weighted by Gasteiger charge is 2.25. The van der Waals surface area contributed by atoms with Crippen molar-refractivity contribution in [1.82, 2.24) is 9.88 Å². The molecule has 0 aliphatic carbocycles. The summed E-state index contributed by atoms with van der Waals surface area (Å²) in [5.74, 6) is 0.670. The van der Waals surface area contributed by atoms with Crippen molar-refractivity contribution in [1.29, 1.82) is 5.26 Å². The number of likely N-dealkylation sites (tertiary alicyclic amines) is 1. The van der Waals surface area contributed by atoms with Gasteiger partial charge in [0.1, 0.15) is 5.82 Å². The number of anilines is 1. The first kappa shape index (κ1) is 14.5. The Morgan fingerprint density at radius 1 is 1.65 bits per heavy atom. The smallest absolute Gasteiger partial charge is 0.229 e. The van der Waals surface area contributed by atoms with Gasteiger partial charge in [0.05, 0.1) is 12.0 Å². The zero-order chi connectivity index (χ0) is 14.4. The summed E-state index contributed by atoms with van der Waals surface area (Å²) < 4.78 is 0. The molecule has 0 aromatic carbocycles. The fourth-order valence-corrected chi connectivity index (χ4v) is 2.52. The van der Waals surface area contributed by atoms with E-state index in [1.807, 2.05) is 19.1 Å². The molecule has 1 atom stereocenters. The average molecular weight is 272 g/mol. The van der Waals surface area contributed by atoms with E-state index >= 15 is 0 Å². The molecule has 1 unspecified atom stereocenters. The lowest BCUT2D eigenvalue weighted by atomic mass is 9.97. The molecule has 1 aromatic heterocycles. The molecule has 1 aromatic rings. The molecule has 1 aliphatic heterocycles. The second-order valence-electron chi connectivity index (χ2n) is 5.21. The Balaban J connectivity index is 1.92. The summed E-state index contributed by atoms with van der Waals surface area (Å²) in [5.41, 5.74) is 0.970. The minimum absolute atomic E-state index is 0.0103. The maximum atomic E-state index is 12.3. The highest BCUT2D eigenvalue weighted by atomic mass is 16.2. The molecule has 2 rings (SSSR count). The van der Waals surface area contributed by atoms with Crippen LogP contribution in [-0.2, 0) is 4.79 Å². The van der Waals surface area contributed by atoms with Crippen LogP contribution >= 0.6 is 0 Å². The van der Waals surface area contributed by atoms with E-state index in [1.165, 1.54) is 0 Å². The van der Waals surface area contributed by atoms with E-state index in [2.05, 4.69) is 21.3 Å². The van der Waals surface area contributed by atoms with Crippen molar-refractivity contribution in [2.45, 2.75) is 26.2 Å². The molecule has 20 heavy (non-hydrogen) atoms. The van der Waals surface area contributed by atoms with Crippen molar-refractivity contribution in [2.24, 2.45) is 5.92 Å². The van der Waals surface area contributed by atoms with Crippen LogP contribution in [0.2, 0.25) is 0 Å². The SMILES string of the molecule is Cc1cccnc1NC(=O)C1CCCN(CCC#N)C1. The molecule has 0 bridgehead atoms. The number of amides is 1. The van der Waals surface area contributed by atoms with E-state index < -0.39 is 0 Å². The van der Waals surface area contributed by atoms with Gasteiger partial charge in [0.25, 0.3) is 0 Å². The molecule has 1 aliphatic rings. The minimum Gasteiger partial charge on any atom is -0.310 e. The molecule has 1 saturated heterocycles. The van der Waals surface area contributed by atoms with E-state index in [1.54, 1.807) is 6.20 Å². The van der Waals surface area contributed by atoms with E-state index in [0.29, 0.717) is 12.2 Å². The average Bonchev–Trinajstić information content (AvgIpc) is 2.48. The molecule has 1 fully saturated rings. The molecular weight excluding hydrogens is 252 g/mol. The minimum atomic E-state index is -0.0103. The lowest BCUT2D eigenvalue weighted by Crippen LogP contribution is -2.41. The molecule has 0 spiro atoms. The van der Waals surface area contributed by atoms with Gasteiger partial charge in [0.2, 0.25) is 5.91 Å². The Morgan fingerprint density at radius 3 is 3.25 bits per heavy atom. The number of rotatable bonds is 4. The highest BCUT2D eigenvalue weighted by Crippen LogP contribution is 2.19. The monoisotopic (exact) mass is 272 g/mol. The van der Waals surface area contributed by atoms with Gasteiger partial charge in [-0.3, -0.25) is 4.79 Å². The second kappa shape index (κ2) is 7.01. The van der Waals surface area contributed by atoms with Gasteiger partial charge in [-0.15, -0.1) is 0 Å². The predicted octanol–water partition coefficient (Wildman–Crippen LogP) is 1.95. The number of pyridine rings is 1. The molecule has 106 valence electrons. The van der Waals surface area contributed by atoms with Crippen LogP contribution in [0.25, 0.3) is 0 Å². The predicted molar refractivity (Wildman–Crippen MR) is 77.0 cm³/mol. The molecule has 0 radical (unpaired) electrons. The maximum absolute atomic E-state index is 12.3. The number of hydrogen-bond acceptors (Lipinski definition) is 4. The maximum Gasteiger partial charge on any atom is 0.229 e. The number of aromatic nitrogens is 1. The van der Waals surface area contributed by atoms with Crippen molar-refractivity contribution < 1.29 is 4.79 Å². The number of hydrogen-bond donors (Lipinski definition) is 1. The number of nitrogens with zero attached hydrogens (tertiary/aromatic N) is 3. The number of carbonyl (C=O) groups excluding carboxylic acids is 1. The Kier molecular flexibility index (Phi) is 5.08. The molecule has 5 heteroatoms. The van der Waals surface area contributed by atoms with Gasteiger partial charge in [-0.25, -0.2) is 4.98 Å². The molecule has 1 N–H and O–H groups in total. The van der Waals surface area contributed by atoms with Crippen LogP contribution in [-0.4, -0.2) is 35.4 Å². The van der Waals surface area contributed by atoms with Crippen LogP contribution in [0.5, 0.6) is 0 Å². The Bertz CT molecular complexity index is 509. The topological polar surface area (TPSA) is 69.0 Å². The fraction of sp³-hybridized carbons (Fsp3) is 0.533. The van der Waals surface area contributed by atoms with Crippen LogP contribution in [0.1, 0.15) is 24.8 Å². The summed E-state index contributed by atoms with van der Waals surface area (Å²) in [6.45, 7) is 4.40. The third-order valence-corrected chi connectivity index (χ3v) is 3.67. The van der Waals surface area contributed by atoms with Crippen molar-refractivity contribution in [3.63, 3.8) is 0 Å². The second-order valence-corrected chi connectivity index (χ2v) is 5.21. The quantitative estimate of drug-likeness (QED) is 0.909. The lowest BCUT2D eigenvalue weighted by Gasteiger charge is -2.31. The first-order valence-corrected chi connectivity index (χ1v) is 7.02. The van der Waals surface area contributed by atoms with Crippen LogP contribution in [0.4, 0.5) is 5.82 Å². The van der Waals surface area contributed by atoms with E-state index in [0.717, 1.165) is 38.0 Å². The van der Waals surface area contributed by atoms with Gasteiger partial charge < -0.3 is 10.2 Å². The van der Waals surface area contributed by atoms with Gasteiger partial charge in [0, 0.05) is 25.7 Å². The number of aryl methyl sites for hydroxylation is 1. The van der Waals surface area contributed by atoms with Crippen LogP contribution in [0.15, 0.2) is 18.3 Å². The van der Waals surface area contributed by atoms with Gasteiger partial charge in [-0.05, 0) is 37.9 Å². The van der Waals surface area contributed by atoms with Crippen molar-refractivity contribution in [3.8, 4) is 6.07 Å².